The Hall–Kier alpha value is -3.43. The second-order valence-electron chi connectivity index (χ2n) is 7.02. The van der Waals surface area contributed by atoms with Crippen LogP contribution in [0.15, 0.2) is 35.5 Å². The molecule has 1 saturated heterocycles. The molecule has 2 aliphatic rings. The quantitative estimate of drug-likeness (QED) is 0.478. The highest BCUT2D eigenvalue weighted by Gasteiger charge is 2.51. The van der Waals surface area contributed by atoms with Gasteiger partial charge in [0.25, 0.3) is 5.91 Å². The second-order valence-corrected chi connectivity index (χ2v) is 7.02. The largest absolute Gasteiger partial charge is 0.463 e. The molecule has 0 aliphatic carbocycles. The first-order valence-corrected chi connectivity index (χ1v) is 9.61. The Bertz CT molecular complexity index is 930. The van der Waals surface area contributed by atoms with Gasteiger partial charge in [0, 0.05) is 0 Å². The predicted octanol–water partition coefficient (Wildman–Crippen LogP) is 1.50. The highest BCUT2D eigenvalue weighted by Crippen LogP contribution is 2.33. The summed E-state index contributed by atoms with van der Waals surface area (Å²) in [5.74, 6) is -1.67. The summed E-state index contributed by atoms with van der Waals surface area (Å²) in [6.07, 6.45) is 0.230. The van der Waals surface area contributed by atoms with Crippen molar-refractivity contribution in [1.82, 2.24) is 20.9 Å². The third-order valence-corrected chi connectivity index (χ3v) is 5.22. The highest BCUT2D eigenvalue weighted by molar-refractivity contribution is 6.08. The van der Waals surface area contributed by atoms with E-state index < -0.39 is 41.3 Å². The molecule has 30 heavy (non-hydrogen) atoms. The summed E-state index contributed by atoms with van der Waals surface area (Å²) in [5, 5.41) is 7.74. The van der Waals surface area contributed by atoms with Gasteiger partial charge in [0.05, 0.1) is 30.5 Å². The number of ether oxygens (including phenoxy) is 1. The maximum Gasteiger partial charge on any atom is 0.337 e. The molecule has 9 nitrogen and oxygen atoms in total. The van der Waals surface area contributed by atoms with E-state index in [0.29, 0.717) is 5.56 Å². The Kier molecular flexibility index (Phi) is 5.77. The van der Waals surface area contributed by atoms with Gasteiger partial charge in [0.2, 0.25) is 0 Å². The van der Waals surface area contributed by atoms with Crippen LogP contribution < -0.4 is 16.0 Å². The van der Waals surface area contributed by atoms with Gasteiger partial charge < -0.3 is 20.7 Å². The topological polar surface area (TPSA) is 117 Å². The zero-order valence-electron chi connectivity index (χ0n) is 16.9. The molecule has 0 spiro atoms. The number of hydrogen-bond acceptors (Lipinski definition) is 5. The average Bonchev–Trinajstić information content (AvgIpc) is 2.93. The van der Waals surface area contributed by atoms with Gasteiger partial charge in [-0.2, -0.15) is 0 Å². The van der Waals surface area contributed by atoms with Crippen LogP contribution in [-0.2, 0) is 19.9 Å². The molecule has 0 bridgehead atoms. The van der Waals surface area contributed by atoms with Crippen LogP contribution >= 0.6 is 0 Å². The predicted molar refractivity (Wildman–Crippen MR) is 103 cm³/mol. The van der Waals surface area contributed by atoms with Crippen molar-refractivity contribution in [3.63, 3.8) is 0 Å². The molecular formula is C20H23FN4O5. The zero-order valence-corrected chi connectivity index (χ0v) is 16.9. The summed E-state index contributed by atoms with van der Waals surface area (Å²) in [6.45, 7) is 4.78. The number of carbonyl (C=O) groups is 4. The summed E-state index contributed by atoms with van der Waals surface area (Å²) in [7, 11) is 0. The first-order valence-electron chi connectivity index (χ1n) is 9.61. The molecule has 3 rings (SSSR count). The number of rotatable bonds is 6. The Labute approximate surface area is 172 Å². The SMILES string of the molecule is CCOC(=O)C1=C(CN2C(=O)NC(CC)(c3ccc(F)cc3)C2=O)NC(=O)NC1C. The van der Waals surface area contributed by atoms with Crippen LogP contribution in [0.5, 0.6) is 0 Å². The fourth-order valence-corrected chi connectivity index (χ4v) is 3.71. The fourth-order valence-electron chi connectivity index (χ4n) is 3.71. The number of benzene rings is 1. The van der Waals surface area contributed by atoms with Gasteiger partial charge in [-0.3, -0.25) is 9.69 Å². The molecular weight excluding hydrogens is 395 g/mol. The summed E-state index contributed by atoms with van der Waals surface area (Å²) in [5.41, 5.74) is -0.681. The van der Waals surface area contributed by atoms with Gasteiger partial charge in [-0.05, 0) is 38.0 Å². The van der Waals surface area contributed by atoms with E-state index in [0.717, 1.165) is 4.90 Å². The molecule has 160 valence electrons. The molecule has 2 aliphatic heterocycles. The molecule has 2 atom stereocenters. The molecule has 0 radical (unpaired) electrons. The van der Waals surface area contributed by atoms with E-state index in [2.05, 4.69) is 16.0 Å². The normalized spacial score (nSPS) is 23.8. The van der Waals surface area contributed by atoms with Crippen LogP contribution in [0.4, 0.5) is 14.0 Å². The summed E-state index contributed by atoms with van der Waals surface area (Å²) in [6, 6.07) is 3.41. The van der Waals surface area contributed by atoms with Gasteiger partial charge in [-0.1, -0.05) is 19.1 Å². The lowest BCUT2D eigenvalue weighted by Crippen LogP contribution is -2.52. The van der Waals surface area contributed by atoms with E-state index in [1.54, 1.807) is 20.8 Å². The molecule has 0 saturated carbocycles. The molecule has 0 aromatic heterocycles. The fraction of sp³-hybridized carbons (Fsp3) is 0.400. The summed E-state index contributed by atoms with van der Waals surface area (Å²) >= 11 is 0. The Balaban J connectivity index is 1.97. The first kappa shape index (κ1) is 21.3. The Morgan fingerprint density at radius 2 is 1.87 bits per heavy atom. The standard InChI is InChI=1S/C20H23FN4O5/c1-4-20(12-6-8-13(21)9-7-12)17(27)25(19(29)24-20)10-14-15(16(26)30-5-2)11(3)22-18(28)23-14/h6-9,11H,4-5,10H2,1-3H3,(H,24,29)(H2,22,23,28). The van der Waals surface area contributed by atoms with Crippen LogP contribution in [-0.4, -0.2) is 48.0 Å². The molecule has 1 fully saturated rings. The van der Waals surface area contributed by atoms with Crippen molar-refractivity contribution in [2.24, 2.45) is 0 Å². The molecule has 2 heterocycles. The van der Waals surface area contributed by atoms with Crippen LogP contribution in [0.1, 0.15) is 32.8 Å². The zero-order chi connectivity index (χ0) is 22.1. The molecule has 10 heteroatoms. The second kappa shape index (κ2) is 8.13. The van der Waals surface area contributed by atoms with Gasteiger partial charge in [-0.25, -0.2) is 18.8 Å². The van der Waals surface area contributed by atoms with Crippen LogP contribution in [0, 0.1) is 5.82 Å². The number of hydrogen-bond donors (Lipinski definition) is 3. The third kappa shape index (κ3) is 3.60. The van der Waals surface area contributed by atoms with Gasteiger partial charge in [0.1, 0.15) is 11.4 Å². The van der Waals surface area contributed by atoms with Crippen molar-refractivity contribution in [3.8, 4) is 0 Å². The number of nitrogens with one attached hydrogen (secondary N) is 3. The number of imide groups is 1. The minimum Gasteiger partial charge on any atom is -0.463 e. The van der Waals surface area contributed by atoms with Crippen LogP contribution in [0.2, 0.25) is 0 Å². The maximum atomic E-state index is 13.3. The van der Waals surface area contributed by atoms with E-state index in [9.17, 15) is 23.6 Å². The average molecular weight is 418 g/mol. The smallest absolute Gasteiger partial charge is 0.337 e. The van der Waals surface area contributed by atoms with Crippen molar-refractivity contribution in [2.45, 2.75) is 38.8 Å². The molecule has 3 N–H and O–H groups in total. The number of halogens is 1. The third-order valence-electron chi connectivity index (χ3n) is 5.22. The van der Waals surface area contributed by atoms with Crippen LogP contribution in [0.25, 0.3) is 0 Å². The van der Waals surface area contributed by atoms with Gasteiger partial charge in [-0.15, -0.1) is 0 Å². The molecule has 5 amide bonds. The van der Waals surface area contributed by atoms with Crippen molar-refractivity contribution in [2.75, 3.05) is 13.2 Å². The number of carbonyl (C=O) groups excluding carboxylic acids is 4. The lowest BCUT2D eigenvalue weighted by atomic mass is 9.87. The maximum absolute atomic E-state index is 13.3. The lowest BCUT2D eigenvalue weighted by molar-refractivity contribution is -0.139. The van der Waals surface area contributed by atoms with E-state index >= 15 is 0 Å². The number of nitrogens with zero attached hydrogens (tertiary/aromatic N) is 1. The molecule has 1 aromatic carbocycles. The Morgan fingerprint density at radius 3 is 2.47 bits per heavy atom. The van der Waals surface area contributed by atoms with E-state index in [1.165, 1.54) is 24.3 Å². The van der Waals surface area contributed by atoms with E-state index in [4.69, 9.17) is 4.74 Å². The van der Waals surface area contributed by atoms with Crippen molar-refractivity contribution < 1.29 is 28.3 Å². The van der Waals surface area contributed by atoms with Crippen LogP contribution in [0.3, 0.4) is 0 Å². The molecule has 1 aromatic rings. The summed E-state index contributed by atoms with van der Waals surface area (Å²) in [4.78, 5) is 51.2. The van der Waals surface area contributed by atoms with Gasteiger partial charge in [0.15, 0.2) is 0 Å². The van der Waals surface area contributed by atoms with E-state index in [1.807, 2.05) is 0 Å². The first-order chi connectivity index (χ1) is 14.2. The monoisotopic (exact) mass is 418 g/mol. The number of esters is 1. The Morgan fingerprint density at radius 1 is 1.20 bits per heavy atom. The minimum atomic E-state index is -1.36. The lowest BCUT2D eigenvalue weighted by Gasteiger charge is -2.29. The molecule has 2 unspecified atom stereocenters. The van der Waals surface area contributed by atoms with E-state index in [-0.39, 0.29) is 30.8 Å². The minimum absolute atomic E-state index is 0.110. The van der Waals surface area contributed by atoms with Crippen molar-refractivity contribution in [1.29, 1.82) is 0 Å². The van der Waals surface area contributed by atoms with Crippen molar-refractivity contribution >= 4 is 23.9 Å². The van der Waals surface area contributed by atoms with Crippen molar-refractivity contribution in [3.05, 3.63) is 46.9 Å². The van der Waals surface area contributed by atoms with Gasteiger partial charge >= 0.3 is 18.0 Å². The highest BCUT2D eigenvalue weighted by atomic mass is 19.1. The number of urea groups is 2. The number of amides is 5. The summed E-state index contributed by atoms with van der Waals surface area (Å²) < 4.78 is 18.4.